The molecule has 0 aliphatic rings. The van der Waals surface area contributed by atoms with Gasteiger partial charge in [0.05, 0.1) is 17.2 Å². The van der Waals surface area contributed by atoms with Crippen molar-refractivity contribution in [2.24, 2.45) is 5.73 Å². The highest BCUT2D eigenvalue weighted by Crippen LogP contribution is 2.28. The molecule has 0 spiro atoms. The molecular weight excluding hydrogens is 258 g/mol. The first-order valence-electron chi connectivity index (χ1n) is 6.36. The molecule has 0 heterocycles. The van der Waals surface area contributed by atoms with Gasteiger partial charge in [0, 0.05) is 6.42 Å². The summed E-state index contributed by atoms with van der Waals surface area (Å²) < 4.78 is 5.16. The second-order valence-corrected chi connectivity index (χ2v) is 4.89. The lowest BCUT2D eigenvalue weighted by atomic mass is 10.3. The summed E-state index contributed by atoms with van der Waals surface area (Å²) in [7, 11) is 0. The molecule has 0 aliphatic heterocycles. The molecule has 102 valence electrons. The number of ether oxygens (including phenoxy) is 1. The third kappa shape index (κ3) is 6.32. The molecule has 1 rings (SSSR count). The number of hydrogen-bond acceptors (Lipinski definition) is 4. The molecule has 0 unspecified atom stereocenters. The molecule has 1 aromatic rings. The van der Waals surface area contributed by atoms with Crippen molar-refractivity contribution in [3.8, 4) is 17.6 Å². The second kappa shape index (κ2) is 9.48. The van der Waals surface area contributed by atoms with E-state index < -0.39 is 5.97 Å². The van der Waals surface area contributed by atoms with Gasteiger partial charge in [0.1, 0.15) is 5.75 Å². The summed E-state index contributed by atoms with van der Waals surface area (Å²) >= 11 is 1.57. The summed E-state index contributed by atoms with van der Waals surface area (Å²) in [6.07, 6.45) is 3.25. The fourth-order valence-corrected chi connectivity index (χ4v) is 2.09. The largest absolute Gasteiger partial charge is 0.424 e. The zero-order valence-electron chi connectivity index (χ0n) is 11.1. The van der Waals surface area contributed by atoms with E-state index in [4.69, 9.17) is 10.5 Å². The number of carbonyl (C=O) groups is 1. The van der Waals surface area contributed by atoms with Crippen LogP contribution in [0.2, 0.25) is 0 Å². The summed E-state index contributed by atoms with van der Waals surface area (Å²) in [5, 5.41) is 0. The van der Waals surface area contributed by atoms with Crippen molar-refractivity contribution in [2.45, 2.75) is 31.1 Å². The van der Waals surface area contributed by atoms with Gasteiger partial charge in [-0.25, -0.2) is 0 Å². The lowest BCUT2D eigenvalue weighted by Gasteiger charge is -2.07. The van der Waals surface area contributed by atoms with Crippen LogP contribution < -0.4 is 10.5 Å². The molecule has 2 N–H and O–H groups in total. The molecule has 3 nitrogen and oxygen atoms in total. The number of unbranched alkanes of at least 4 members (excludes halogenated alkanes) is 2. The molecule has 0 amide bonds. The van der Waals surface area contributed by atoms with Crippen molar-refractivity contribution in [1.82, 2.24) is 0 Å². The van der Waals surface area contributed by atoms with Crippen molar-refractivity contribution >= 4 is 17.7 Å². The average molecular weight is 277 g/mol. The maximum absolute atomic E-state index is 11.2. The Morgan fingerprint density at radius 2 is 2.16 bits per heavy atom. The molecule has 0 bridgehead atoms. The van der Waals surface area contributed by atoms with Gasteiger partial charge >= 0.3 is 5.97 Å². The number of thioether (sulfide) groups is 1. The van der Waals surface area contributed by atoms with Crippen LogP contribution in [0.1, 0.15) is 26.2 Å². The molecule has 4 heteroatoms. The van der Waals surface area contributed by atoms with E-state index in [2.05, 4.69) is 18.8 Å². The standard InChI is InChI=1S/C15H19NO2S/c1-2-3-4-5-8-11-19-14-10-7-6-9-13(14)18-15(17)12-16/h6-7,9-10H,2-4,11-12,16H2,1H3. The Bertz CT molecular complexity index is 463. The number of benzene rings is 1. The lowest BCUT2D eigenvalue weighted by Crippen LogP contribution is -2.19. The fourth-order valence-electron chi connectivity index (χ4n) is 1.34. The monoisotopic (exact) mass is 277 g/mol. The third-order valence-corrected chi connectivity index (χ3v) is 3.26. The van der Waals surface area contributed by atoms with Crippen LogP contribution in [0.4, 0.5) is 0 Å². The summed E-state index contributed by atoms with van der Waals surface area (Å²) in [5.74, 6) is 7.06. The van der Waals surface area contributed by atoms with E-state index in [-0.39, 0.29) is 6.54 Å². The lowest BCUT2D eigenvalue weighted by molar-refractivity contribution is -0.132. The van der Waals surface area contributed by atoms with E-state index in [0.29, 0.717) is 11.5 Å². The van der Waals surface area contributed by atoms with Crippen LogP contribution in [0.15, 0.2) is 29.2 Å². The van der Waals surface area contributed by atoms with Crippen LogP contribution in [0.3, 0.4) is 0 Å². The molecule has 0 fully saturated rings. The van der Waals surface area contributed by atoms with Gasteiger partial charge in [0.2, 0.25) is 0 Å². The highest BCUT2D eigenvalue weighted by atomic mass is 32.2. The van der Waals surface area contributed by atoms with Crippen LogP contribution in [0, 0.1) is 11.8 Å². The van der Waals surface area contributed by atoms with Crippen LogP contribution in [0.25, 0.3) is 0 Å². The van der Waals surface area contributed by atoms with Crippen LogP contribution in [-0.4, -0.2) is 18.3 Å². The number of para-hydroxylation sites is 1. The molecule has 0 radical (unpaired) electrons. The Labute approximate surface area is 118 Å². The number of esters is 1. The summed E-state index contributed by atoms with van der Waals surface area (Å²) in [6.45, 7) is 2.04. The van der Waals surface area contributed by atoms with Crippen molar-refractivity contribution in [1.29, 1.82) is 0 Å². The number of rotatable bonds is 6. The Kier molecular flexibility index (Phi) is 7.80. The van der Waals surface area contributed by atoms with Crippen LogP contribution in [0.5, 0.6) is 5.75 Å². The highest BCUT2D eigenvalue weighted by Gasteiger charge is 2.06. The molecular formula is C15H19NO2S. The van der Waals surface area contributed by atoms with Gasteiger partial charge in [-0.2, -0.15) is 0 Å². The van der Waals surface area contributed by atoms with E-state index in [1.165, 1.54) is 6.42 Å². The zero-order chi connectivity index (χ0) is 13.9. The second-order valence-electron chi connectivity index (χ2n) is 3.87. The maximum Gasteiger partial charge on any atom is 0.325 e. The van der Waals surface area contributed by atoms with Gasteiger partial charge in [0.15, 0.2) is 0 Å². The van der Waals surface area contributed by atoms with E-state index >= 15 is 0 Å². The topological polar surface area (TPSA) is 52.3 Å². The van der Waals surface area contributed by atoms with E-state index in [1.54, 1.807) is 17.8 Å². The first kappa shape index (κ1) is 15.6. The molecule has 0 aliphatic carbocycles. The van der Waals surface area contributed by atoms with Gasteiger partial charge in [-0.05, 0) is 18.6 Å². The first-order chi connectivity index (χ1) is 9.27. The minimum atomic E-state index is -0.429. The highest BCUT2D eigenvalue weighted by molar-refractivity contribution is 7.99. The Morgan fingerprint density at radius 1 is 1.37 bits per heavy atom. The van der Waals surface area contributed by atoms with Crippen molar-refractivity contribution in [3.05, 3.63) is 24.3 Å². The van der Waals surface area contributed by atoms with E-state index in [9.17, 15) is 4.79 Å². The summed E-state index contributed by atoms with van der Waals surface area (Å²) in [5.41, 5.74) is 5.23. The van der Waals surface area contributed by atoms with Crippen molar-refractivity contribution in [3.63, 3.8) is 0 Å². The van der Waals surface area contributed by atoms with Gasteiger partial charge in [-0.1, -0.05) is 31.4 Å². The number of carbonyl (C=O) groups excluding carboxylic acids is 1. The van der Waals surface area contributed by atoms with Gasteiger partial charge in [0.25, 0.3) is 0 Å². The third-order valence-electron chi connectivity index (χ3n) is 2.32. The maximum atomic E-state index is 11.2. The quantitative estimate of drug-likeness (QED) is 0.286. The van der Waals surface area contributed by atoms with Crippen molar-refractivity contribution < 1.29 is 9.53 Å². The molecule has 19 heavy (non-hydrogen) atoms. The van der Waals surface area contributed by atoms with Gasteiger partial charge in [-0.3, -0.25) is 4.79 Å². The van der Waals surface area contributed by atoms with Crippen molar-refractivity contribution in [2.75, 3.05) is 12.3 Å². The first-order valence-corrected chi connectivity index (χ1v) is 7.34. The average Bonchev–Trinajstić information content (AvgIpc) is 2.44. The van der Waals surface area contributed by atoms with Gasteiger partial charge in [-0.15, -0.1) is 17.7 Å². The zero-order valence-corrected chi connectivity index (χ0v) is 12.0. The van der Waals surface area contributed by atoms with E-state index in [1.807, 2.05) is 18.2 Å². The number of hydrogen-bond donors (Lipinski definition) is 1. The molecule has 0 saturated carbocycles. The Morgan fingerprint density at radius 3 is 2.89 bits per heavy atom. The Hall–Kier alpha value is -1.44. The predicted molar refractivity (Wildman–Crippen MR) is 79.2 cm³/mol. The summed E-state index contributed by atoms with van der Waals surface area (Å²) in [4.78, 5) is 12.1. The SMILES string of the molecule is CCCCC#CCSc1ccccc1OC(=O)CN. The normalized spacial score (nSPS) is 9.58. The Balaban J connectivity index is 2.52. The van der Waals surface area contributed by atoms with Gasteiger partial charge < -0.3 is 10.5 Å². The molecule has 0 aromatic heterocycles. The van der Waals surface area contributed by atoms with E-state index in [0.717, 1.165) is 17.7 Å². The smallest absolute Gasteiger partial charge is 0.325 e. The van der Waals surface area contributed by atoms with Crippen LogP contribution >= 0.6 is 11.8 Å². The molecule has 1 aromatic carbocycles. The predicted octanol–water partition coefficient (Wildman–Crippen LogP) is 2.84. The fraction of sp³-hybridized carbons (Fsp3) is 0.400. The summed E-state index contributed by atoms with van der Waals surface area (Å²) in [6, 6.07) is 7.42. The molecule has 0 saturated heterocycles. The minimum absolute atomic E-state index is 0.115. The number of nitrogens with two attached hydrogens (primary N) is 1. The minimum Gasteiger partial charge on any atom is -0.424 e. The van der Waals surface area contributed by atoms with Crippen LogP contribution in [-0.2, 0) is 4.79 Å². The molecule has 0 atom stereocenters.